The van der Waals surface area contributed by atoms with Gasteiger partial charge in [-0.25, -0.2) is 4.39 Å². The van der Waals surface area contributed by atoms with Crippen molar-refractivity contribution < 1.29 is 13.9 Å². The van der Waals surface area contributed by atoms with E-state index in [0.717, 1.165) is 32.7 Å². The maximum atomic E-state index is 13.3. The lowest BCUT2D eigenvalue weighted by Crippen LogP contribution is -2.46. The fourth-order valence-electron chi connectivity index (χ4n) is 2.96. The Bertz CT molecular complexity index is 758. The summed E-state index contributed by atoms with van der Waals surface area (Å²) >= 11 is 6.06. The average molecular weight is 428 g/mol. The van der Waals surface area contributed by atoms with Gasteiger partial charge in [-0.15, -0.1) is 12.4 Å². The van der Waals surface area contributed by atoms with E-state index in [1.807, 2.05) is 30.3 Å². The lowest BCUT2D eigenvalue weighted by atomic mass is 10.1. The highest BCUT2D eigenvalue weighted by Gasteiger charge is 2.23. The summed E-state index contributed by atoms with van der Waals surface area (Å²) in [6.45, 7) is 5.19. The van der Waals surface area contributed by atoms with Gasteiger partial charge in [-0.3, -0.25) is 9.69 Å². The summed E-state index contributed by atoms with van der Waals surface area (Å²) < 4.78 is 19.1. The van der Waals surface area contributed by atoms with Crippen LogP contribution in [0.15, 0.2) is 48.5 Å². The number of piperazine rings is 1. The van der Waals surface area contributed by atoms with Gasteiger partial charge in [0.1, 0.15) is 11.6 Å². The average Bonchev–Trinajstić information content (AvgIpc) is 2.69. The highest BCUT2D eigenvalue weighted by atomic mass is 35.5. The van der Waals surface area contributed by atoms with Gasteiger partial charge < -0.3 is 15.4 Å². The zero-order chi connectivity index (χ0) is 19.1. The van der Waals surface area contributed by atoms with Crippen molar-refractivity contribution in [1.82, 2.24) is 15.5 Å². The van der Waals surface area contributed by atoms with E-state index in [2.05, 4.69) is 15.5 Å². The number of hydrogen-bond acceptors (Lipinski definition) is 4. The molecule has 0 spiro atoms. The second-order valence-electron chi connectivity index (χ2n) is 6.37. The van der Waals surface area contributed by atoms with Crippen molar-refractivity contribution in [2.45, 2.75) is 6.10 Å². The van der Waals surface area contributed by atoms with Crippen molar-refractivity contribution >= 4 is 29.9 Å². The molecule has 0 aromatic heterocycles. The molecule has 1 amide bonds. The number of ether oxygens (including phenoxy) is 1. The smallest absolute Gasteiger partial charge is 0.265 e. The number of amides is 1. The summed E-state index contributed by atoms with van der Waals surface area (Å²) in [4.78, 5) is 15.1. The number of carbonyl (C=O) groups is 1. The molecular weight excluding hydrogens is 404 g/mol. The van der Waals surface area contributed by atoms with Crippen LogP contribution < -0.4 is 15.4 Å². The molecule has 3 rings (SSSR count). The largest absolute Gasteiger partial charge is 0.474 e. The van der Waals surface area contributed by atoms with Gasteiger partial charge in [0.2, 0.25) is 6.10 Å². The van der Waals surface area contributed by atoms with Crippen LogP contribution in [0.5, 0.6) is 5.75 Å². The van der Waals surface area contributed by atoms with Crippen molar-refractivity contribution in [3.63, 3.8) is 0 Å². The first-order chi connectivity index (χ1) is 13.1. The monoisotopic (exact) mass is 427 g/mol. The Balaban J connectivity index is 0.00000280. The SMILES string of the molecule is Cl.O=C(NCCN1CCNCC1)C(Oc1ccc(F)cc1Cl)c1ccccc1. The molecule has 0 bridgehead atoms. The topological polar surface area (TPSA) is 53.6 Å². The van der Waals surface area contributed by atoms with Crippen molar-refractivity contribution in [1.29, 1.82) is 0 Å². The first-order valence-electron chi connectivity index (χ1n) is 9.01. The molecule has 1 fully saturated rings. The summed E-state index contributed by atoms with van der Waals surface area (Å²) in [5.41, 5.74) is 0.706. The zero-order valence-electron chi connectivity index (χ0n) is 15.4. The molecule has 28 heavy (non-hydrogen) atoms. The molecule has 1 aliphatic heterocycles. The molecule has 1 atom stereocenters. The molecule has 0 saturated carbocycles. The molecule has 0 aliphatic carbocycles. The predicted octanol–water partition coefficient (Wildman–Crippen LogP) is 3.04. The number of benzene rings is 2. The van der Waals surface area contributed by atoms with Gasteiger partial charge in [0.05, 0.1) is 5.02 Å². The van der Waals surface area contributed by atoms with E-state index in [-0.39, 0.29) is 29.1 Å². The van der Waals surface area contributed by atoms with E-state index < -0.39 is 11.9 Å². The van der Waals surface area contributed by atoms with Crippen LogP contribution in [-0.4, -0.2) is 50.1 Å². The summed E-state index contributed by atoms with van der Waals surface area (Å²) in [5.74, 6) is -0.440. The van der Waals surface area contributed by atoms with E-state index in [1.165, 1.54) is 18.2 Å². The van der Waals surface area contributed by atoms with Crippen molar-refractivity contribution in [2.75, 3.05) is 39.3 Å². The second-order valence-corrected chi connectivity index (χ2v) is 6.77. The highest BCUT2D eigenvalue weighted by molar-refractivity contribution is 6.32. The van der Waals surface area contributed by atoms with Crippen LogP contribution in [0.25, 0.3) is 0 Å². The lowest BCUT2D eigenvalue weighted by molar-refractivity contribution is -0.128. The van der Waals surface area contributed by atoms with Gasteiger partial charge in [0, 0.05) is 44.8 Å². The summed E-state index contributed by atoms with van der Waals surface area (Å²) in [5, 5.41) is 6.37. The molecule has 0 radical (unpaired) electrons. The van der Waals surface area contributed by atoms with E-state index in [0.29, 0.717) is 12.1 Å². The molecule has 5 nitrogen and oxygen atoms in total. The Hall–Kier alpha value is -1.86. The van der Waals surface area contributed by atoms with Crippen LogP contribution in [0.4, 0.5) is 4.39 Å². The number of nitrogens with one attached hydrogen (secondary N) is 2. The normalized spacial score (nSPS) is 15.4. The molecular formula is C20H24Cl2FN3O2. The maximum absolute atomic E-state index is 13.3. The Kier molecular flexibility index (Phi) is 8.99. The Morgan fingerprint density at radius 1 is 1.21 bits per heavy atom. The highest BCUT2D eigenvalue weighted by Crippen LogP contribution is 2.30. The maximum Gasteiger partial charge on any atom is 0.265 e. The predicted molar refractivity (Wildman–Crippen MR) is 111 cm³/mol. The molecule has 1 aliphatic rings. The minimum Gasteiger partial charge on any atom is -0.474 e. The third-order valence-electron chi connectivity index (χ3n) is 4.42. The molecule has 2 N–H and O–H groups in total. The quantitative estimate of drug-likeness (QED) is 0.712. The van der Waals surface area contributed by atoms with Crippen LogP contribution in [0.3, 0.4) is 0 Å². The van der Waals surface area contributed by atoms with Crippen LogP contribution in [0, 0.1) is 5.82 Å². The number of hydrogen-bond donors (Lipinski definition) is 2. The zero-order valence-corrected chi connectivity index (χ0v) is 16.9. The van der Waals surface area contributed by atoms with Crippen molar-refractivity contribution in [3.8, 4) is 5.75 Å². The van der Waals surface area contributed by atoms with E-state index in [1.54, 1.807) is 0 Å². The van der Waals surface area contributed by atoms with Gasteiger partial charge in [-0.1, -0.05) is 41.9 Å². The Labute approximate surface area is 175 Å². The second kappa shape index (κ2) is 11.2. The van der Waals surface area contributed by atoms with Crippen molar-refractivity contribution in [2.24, 2.45) is 0 Å². The Morgan fingerprint density at radius 2 is 1.93 bits per heavy atom. The first-order valence-corrected chi connectivity index (χ1v) is 9.39. The fourth-order valence-corrected chi connectivity index (χ4v) is 3.17. The molecule has 152 valence electrons. The lowest BCUT2D eigenvalue weighted by Gasteiger charge is -2.27. The first kappa shape index (κ1) is 22.4. The van der Waals surface area contributed by atoms with Crippen LogP contribution >= 0.6 is 24.0 Å². The fraction of sp³-hybridized carbons (Fsp3) is 0.350. The molecule has 2 aromatic rings. The third-order valence-corrected chi connectivity index (χ3v) is 4.71. The third kappa shape index (κ3) is 6.34. The van der Waals surface area contributed by atoms with E-state index in [4.69, 9.17) is 16.3 Å². The number of nitrogens with zero attached hydrogens (tertiary/aromatic N) is 1. The van der Waals surface area contributed by atoms with Crippen LogP contribution in [0.2, 0.25) is 5.02 Å². The van der Waals surface area contributed by atoms with E-state index in [9.17, 15) is 9.18 Å². The van der Waals surface area contributed by atoms with Crippen LogP contribution in [-0.2, 0) is 4.79 Å². The molecule has 1 heterocycles. The number of halogens is 3. The van der Waals surface area contributed by atoms with Gasteiger partial charge in [-0.05, 0) is 18.2 Å². The van der Waals surface area contributed by atoms with Gasteiger partial charge in [0.25, 0.3) is 5.91 Å². The van der Waals surface area contributed by atoms with Crippen molar-refractivity contribution in [3.05, 3.63) is 64.9 Å². The molecule has 8 heteroatoms. The number of rotatable bonds is 7. The Morgan fingerprint density at radius 3 is 2.61 bits per heavy atom. The molecule has 2 aromatic carbocycles. The molecule has 1 saturated heterocycles. The molecule has 1 unspecified atom stereocenters. The minimum absolute atomic E-state index is 0. The summed E-state index contributed by atoms with van der Waals surface area (Å²) in [6.07, 6.45) is -0.864. The van der Waals surface area contributed by atoms with Crippen LogP contribution in [0.1, 0.15) is 11.7 Å². The minimum atomic E-state index is -0.864. The van der Waals surface area contributed by atoms with Gasteiger partial charge in [-0.2, -0.15) is 0 Å². The number of carbonyl (C=O) groups excluding carboxylic acids is 1. The van der Waals surface area contributed by atoms with E-state index >= 15 is 0 Å². The standard InChI is InChI=1S/C20H23ClFN3O2.ClH/c21-17-14-16(22)6-7-18(17)27-19(15-4-2-1-3-5-15)20(26)24-10-13-25-11-8-23-9-12-25;/h1-7,14,19,23H,8-13H2,(H,24,26);1H. The summed E-state index contributed by atoms with van der Waals surface area (Å²) in [6, 6.07) is 13.0. The van der Waals surface area contributed by atoms with Gasteiger partial charge in [0.15, 0.2) is 0 Å². The van der Waals surface area contributed by atoms with Gasteiger partial charge >= 0.3 is 0 Å². The summed E-state index contributed by atoms with van der Waals surface area (Å²) in [7, 11) is 0.